The molecule has 2 nitrogen and oxygen atoms in total. The van der Waals surface area contributed by atoms with E-state index < -0.39 is 0 Å². The summed E-state index contributed by atoms with van der Waals surface area (Å²) in [5.74, 6) is 0. The molecular formula is C61H44N2. The molecule has 0 spiro atoms. The van der Waals surface area contributed by atoms with Gasteiger partial charge in [-0.2, -0.15) is 0 Å². The molecule has 2 aromatic heterocycles. The molecule has 13 rings (SSSR count). The molecule has 0 saturated heterocycles. The number of hydrogen-bond acceptors (Lipinski definition) is 0. The Morgan fingerprint density at radius 2 is 1.02 bits per heavy atom. The molecule has 1 atom stereocenters. The zero-order valence-electron chi connectivity index (χ0n) is 35.0. The van der Waals surface area contributed by atoms with E-state index in [-0.39, 0.29) is 5.41 Å². The summed E-state index contributed by atoms with van der Waals surface area (Å²) in [6.45, 7) is 0. The highest BCUT2D eigenvalue weighted by Crippen LogP contribution is 2.59. The molecule has 0 bridgehead atoms. The van der Waals surface area contributed by atoms with E-state index in [1.165, 1.54) is 105 Å². The molecule has 0 saturated carbocycles. The first-order chi connectivity index (χ1) is 31.3. The monoisotopic (exact) mass is 804 g/mol. The summed E-state index contributed by atoms with van der Waals surface area (Å²) in [6.07, 6.45) is 13.8. The topological polar surface area (TPSA) is 9.86 Å². The van der Waals surface area contributed by atoms with Crippen molar-refractivity contribution in [2.75, 3.05) is 0 Å². The fraction of sp³-hybridized carbons (Fsp3) is 0.0820. The van der Waals surface area contributed by atoms with E-state index in [9.17, 15) is 0 Å². The smallest absolute Gasteiger partial charge is 0.0639 e. The van der Waals surface area contributed by atoms with E-state index in [2.05, 4.69) is 228 Å². The van der Waals surface area contributed by atoms with Crippen LogP contribution < -0.4 is 0 Å². The molecule has 2 heterocycles. The highest BCUT2D eigenvalue weighted by atomic mass is 15.0. The number of nitrogens with zero attached hydrogens (tertiary/aromatic N) is 2. The van der Waals surface area contributed by atoms with Crippen LogP contribution in [0.25, 0.3) is 82.8 Å². The number of benzene rings is 8. The number of rotatable bonds is 6. The third-order valence-electron chi connectivity index (χ3n) is 14.2. The molecule has 0 aliphatic heterocycles. The molecule has 63 heavy (non-hydrogen) atoms. The predicted molar refractivity (Wildman–Crippen MR) is 265 cm³/mol. The Kier molecular flexibility index (Phi) is 8.11. The zero-order chi connectivity index (χ0) is 41.5. The van der Waals surface area contributed by atoms with Crippen molar-refractivity contribution in [1.29, 1.82) is 0 Å². The lowest BCUT2D eigenvalue weighted by Gasteiger charge is -2.39. The molecule has 1 unspecified atom stereocenters. The fourth-order valence-electron chi connectivity index (χ4n) is 11.6. The van der Waals surface area contributed by atoms with Gasteiger partial charge in [0.2, 0.25) is 0 Å². The number of allylic oxidation sites excluding steroid dienone is 8. The average Bonchev–Trinajstić information content (AvgIpc) is 3.98. The van der Waals surface area contributed by atoms with Crippen molar-refractivity contribution < 1.29 is 0 Å². The molecule has 0 N–H and O–H groups in total. The van der Waals surface area contributed by atoms with Gasteiger partial charge < -0.3 is 9.13 Å². The Bertz CT molecular complexity index is 3610. The molecular weight excluding hydrogens is 761 g/mol. The van der Waals surface area contributed by atoms with E-state index >= 15 is 0 Å². The van der Waals surface area contributed by atoms with Gasteiger partial charge in [0.05, 0.1) is 27.5 Å². The van der Waals surface area contributed by atoms with Gasteiger partial charge in [0.15, 0.2) is 0 Å². The molecule has 3 aliphatic carbocycles. The van der Waals surface area contributed by atoms with Crippen molar-refractivity contribution in [1.82, 2.24) is 9.13 Å². The summed E-state index contributed by atoms with van der Waals surface area (Å²) < 4.78 is 4.96. The van der Waals surface area contributed by atoms with Crippen molar-refractivity contribution >= 4 is 54.9 Å². The van der Waals surface area contributed by atoms with Crippen LogP contribution in [0.2, 0.25) is 0 Å². The van der Waals surface area contributed by atoms with Crippen LogP contribution in [-0.2, 0) is 5.41 Å². The van der Waals surface area contributed by atoms with Crippen LogP contribution in [0, 0.1) is 0 Å². The van der Waals surface area contributed by atoms with Gasteiger partial charge in [-0.25, -0.2) is 0 Å². The normalized spacial score (nSPS) is 17.1. The Morgan fingerprint density at radius 3 is 1.75 bits per heavy atom. The number of aromatic nitrogens is 2. The largest absolute Gasteiger partial charge is 0.313 e. The SMILES string of the molecule is C1=CC2=C(CC1)C(C1=CC=C(n3c4ccccc4c4cc(-c5ccc6c(c5)c5ccccc5n6-c5cccc(-c6ccccc6)c5)ccc43)CC1)(c1ccccc1)c1ccccc12. The lowest BCUT2D eigenvalue weighted by Crippen LogP contribution is -2.32. The molecule has 0 radical (unpaired) electrons. The van der Waals surface area contributed by atoms with Crippen LogP contribution in [0.5, 0.6) is 0 Å². The Morgan fingerprint density at radius 1 is 0.413 bits per heavy atom. The van der Waals surface area contributed by atoms with Crippen LogP contribution in [0.1, 0.15) is 42.4 Å². The molecule has 0 fully saturated rings. The summed E-state index contributed by atoms with van der Waals surface area (Å²) >= 11 is 0. The highest BCUT2D eigenvalue weighted by molar-refractivity contribution is 6.13. The minimum absolute atomic E-state index is 0.255. The standard InChI is InChI=1S/C61H44N2/c1-3-16-41(17-4-1)42-18-15-21-48(38-42)63-58-29-14-10-25-52(58)54-40-44(31-37-60(54)63)43-30-36-59-53(39-43)51-24-9-13-28-57(51)62(59)47-34-32-46(33-35-47)61(45-19-5-2-6-20-45)55-26-11-7-22-49(55)50-23-8-12-27-56(50)61/h1-11,13-26,28-32,34,36-40H,12,27,33,35H2. The van der Waals surface area contributed by atoms with Gasteiger partial charge in [0, 0.05) is 32.9 Å². The second-order valence-electron chi connectivity index (χ2n) is 17.4. The van der Waals surface area contributed by atoms with E-state index in [0.29, 0.717) is 0 Å². The Balaban J connectivity index is 0.926. The first-order valence-electron chi connectivity index (χ1n) is 22.4. The number of hydrogen-bond donors (Lipinski definition) is 0. The van der Waals surface area contributed by atoms with Crippen LogP contribution in [0.3, 0.4) is 0 Å². The minimum Gasteiger partial charge on any atom is -0.313 e. The van der Waals surface area contributed by atoms with Gasteiger partial charge in [-0.3, -0.25) is 0 Å². The molecule has 298 valence electrons. The van der Waals surface area contributed by atoms with Crippen molar-refractivity contribution in [3.8, 4) is 27.9 Å². The summed E-state index contributed by atoms with van der Waals surface area (Å²) in [7, 11) is 0. The Hall–Kier alpha value is -7.68. The maximum atomic E-state index is 2.54. The van der Waals surface area contributed by atoms with E-state index in [4.69, 9.17) is 0 Å². The molecule has 2 heteroatoms. The van der Waals surface area contributed by atoms with Gasteiger partial charge in [-0.1, -0.05) is 169 Å². The molecule has 0 amide bonds. The summed E-state index contributed by atoms with van der Waals surface area (Å²) in [5, 5.41) is 5.09. The van der Waals surface area contributed by atoms with E-state index in [0.717, 1.165) is 25.7 Å². The van der Waals surface area contributed by atoms with Gasteiger partial charge in [-0.15, -0.1) is 0 Å². The first-order valence-corrected chi connectivity index (χ1v) is 22.4. The lowest BCUT2D eigenvalue weighted by atomic mass is 9.63. The maximum Gasteiger partial charge on any atom is 0.0639 e. The summed E-state index contributed by atoms with van der Waals surface area (Å²) in [6, 6.07) is 72.0. The maximum absolute atomic E-state index is 2.54. The quantitative estimate of drug-likeness (QED) is 0.158. The van der Waals surface area contributed by atoms with Gasteiger partial charge >= 0.3 is 0 Å². The minimum atomic E-state index is -0.255. The predicted octanol–water partition coefficient (Wildman–Crippen LogP) is 15.9. The molecule has 3 aliphatic rings. The summed E-state index contributed by atoms with van der Waals surface area (Å²) in [5.41, 5.74) is 20.8. The first kappa shape index (κ1) is 36.0. The molecule has 10 aromatic rings. The second-order valence-corrected chi connectivity index (χ2v) is 17.4. The van der Waals surface area contributed by atoms with Crippen molar-refractivity contribution in [3.63, 3.8) is 0 Å². The lowest BCUT2D eigenvalue weighted by molar-refractivity contribution is 0.644. The fourth-order valence-corrected chi connectivity index (χ4v) is 11.6. The summed E-state index contributed by atoms with van der Waals surface area (Å²) in [4.78, 5) is 0. The molecule has 8 aromatic carbocycles. The van der Waals surface area contributed by atoms with E-state index in [1.54, 1.807) is 5.57 Å². The van der Waals surface area contributed by atoms with E-state index in [1.807, 2.05) is 0 Å². The van der Waals surface area contributed by atoms with Crippen LogP contribution in [0.4, 0.5) is 0 Å². The highest BCUT2D eigenvalue weighted by Gasteiger charge is 2.48. The van der Waals surface area contributed by atoms with Crippen molar-refractivity contribution in [2.24, 2.45) is 0 Å². The number of para-hydroxylation sites is 2. The number of fused-ring (bicyclic) bond motifs is 8. The average molecular weight is 805 g/mol. The Labute approximate surface area is 367 Å². The zero-order valence-corrected chi connectivity index (χ0v) is 35.0. The van der Waals surface area contributed by atoms with Crippen LogP contribution in [-0.4, -0.2) is 9.13 Å². The van der Waals surface area contributed by atoms with Crippen LogP contribution in [0.15, 0.2) is 230 Å². The van der Waals surface area contributed by atoms with Gasteiger partial charge in [0.25, 0.3) is 0 Å². The third kappa shape index (κ3) is 5.38. The van der Waals surface area contributed by atoms with Crippen LogP contribution >= 0.6 is 0 Å². The van der Waals surface area contributed by atoms with Gasteiger partial charge in [-0.05, 0) is 130 Å². The second kappa shape index (κ2) is 14.2. The third-order valence-corrected chi connectivity index (χ3v) is 14.2. The van der Waals surface area contributed by atoms with Crippen molar-refractivity contribution in [2.45, 2.75) is 31.1 Å². The van der Waals surface area contributed by atoms with Gasteiger partial charge in [0.1, 0.15) is 0 Å². The van der Waals surface area contributed by atoms with Crippen molar-refractivity contribution in [3.05, 3.63) is 246 Å².